The van der Waals surface area contributed by atoms with Gasteiger partial charge in [-0.3, -0.25) is 14.4 Å². The summed E-state index contributed by atoms with van der Waals surface area (Å²) in [7, 11) is 0. The molecular weight excluding hydrogens is 985 g/mol. The minimum atomic E-state index is -0.799. The Balaban J connectivity index is 4.25. The second-order valence-electron chi connectivity index (χ2n) is 22.0. The number of hydrogen-bond acceptors (Lipinski definition) is 6. The lowest BCUT2D eigenvalue weighted by Crippen LogP contribution is -2.30. The molecule has 0 rings (SSSR count). The highest BCUT2D eigenvalue weighted by molar-refractivity contribution is 5.71. The normalized spacial score (nSPS) is 12.9. The number of rotatable bonds is 60. The molecule has 6 nitrogen and oxygen atoms in total. The van der Waals surface area contributed by atoms with Gasteiger partial charge in [-0.1, -0.05) is 290 Å². The van der Waals surface area contributed by atoms with Gasteiger partial charge < -0.3 is 14.2 Å². The summed E-state index contributed by atoms with van der Waals surface area (Å²) >= 11 is 0. The first-order chi connectivity index (χ1) is 39.5. The van der Waals surface area contributed by atoms with Gasteiger partial charge in [0.05, 0.1) is 0 Å². The number of carbonyl (C=O) groups excluding carboxylic acids is 3. The molecule has 0 aromatic carbocycles. The Morgan fingerprint density at radius 1 is 0.263 bits per heavy atom. The fourth-order valence-electron chi connectivity index (χ4n) is 9.21. The molecule has 0 aromatic heterocycles. The standard InChI is InChI=1S/C74H124O6/c1-4-7-10-13-16-19-22-25-28-30-31-32-33-34-35-36-37-38-39-40-41-42-43-45-46-49-52-55-58-61-64-67-73(76)79-70-71(69-78-72(75)66-63-60-57-54-51-48-27-24-21-18-15-12-9-6-3)80-74(77)68-65-62-59-56-53-50-47-44-29-26-23-20-17-14-11-8-5-2/h7-8,10-11,15-20,24-29,31-32,47,50,71H,4-6,9,12-14,21-23,30,33-46,48-49,51-70H2,1-3H3/b10-7-,11-8-,18-15-,19-16-,20-17-,27-24-,28-25-,29-26-,32-31-,50-47-. The van der Waals surface area contributed by atoms with Crippen molar-refractivity contribution in [1.29, 1.82) is 0 Å². The van der Waals surface area contributed by atoms with Crippen LogP contribution < -0.4 is 0 Å². The van der Waals surface area contributed by atoms with Crippen LogP contribution in [-0.2, 0) is 28.6 Å². The Bertz CT molecular complexity index is 1650. The molecule has 0 spiro atoms. The van der Waals surface area contributed by atoms with E-state index in [1.54, 1.807) is 0 Å². The van der Waals surface area contributed by atoms with E-state index < -0.39 is 6.10 Å². The average molecular weight is 1110 g/mol. The van der Waals surface area contributed by atoms with Crippen molar-refractivity contribution in [3.63, 3.8) is 0 Å². The van der Waals surface area contributed by atoms with Gasteiger partial charge >= 0.3 is 17.9 Å². The van der Waals surface area contributed by atoms with Crippen molar-refractivity contribution in [3.8, 4) is 0 Å². The first kappa shape index (κ1) is 75.8. The Hall–Kier alpha value is -4.19. The van der Waals surface area contributed by atoms with Crippen LogP contribution in [0.2, 0.25) is 0 Å². The molecule has 0 radical (unpaired) electrons. The van der Waals surface area contributed by atoms with Crippen LogP contribution in [0.3, 0.4) is 0 Å². The molecule has 0 aromatic rings. The van der Waals surface area contributed by atoms with Gasteiger partial charge in [0.15, 0.2) is 6.10 Å². The molecule has 0 aliphatic carbocycles. The molecule has 0 aliphatic heterocycles. The molecular formula is C74H124O6. The predicted octanol–water partition coefficient (Wildman–Crippen LogP) is 23.2. The minimum Gasteiger partial charge on any atom is -0.462 e. The monoisotopic (exact) mass is 1110 g/mol. The molecule has 6 heteroatoms. The van der Waals surface area contributed by atoms with Gasteiger partial charge in [0, 0.05) is 19.3 Å². The maximum atomic E-state index is 12.9. The van der Waals surface area contributed by atoms with E-state index in [4.69, 9.17) is 14.2 Å². The Morgan fingerprint density at radius 2 is 0.487 bits per heavy atom. The molecule has 0 amide bonds. The number of ether oxygens (including phenoxy) is 3. The number of hydrogen-bond donors (Lipinski definition) is 0. The predicted molar refractivity (Wildman–Crippen MR) is 348 cm³/mol. The zero-order valence-electron chi connectivity index (χ0n) is 52.3. The largest absolute Gasteiger partial charge is 0.462 e. The Labute approximate surface area is 494 Å². The van der Waals surface area contributed by atoms with Gasteiger partial charge in [-0.25, -0.2) is 0 Å². The average Bonchev–Trinajstić information content (AvgIpc) is 3.46. The first-order valence-electron chi connectivity index (χ1n) is 33.5. The van der Waals surface area contributed by atoms with E-state index in [-0.39, 0.29) is 31.1 Å². The van der Waals surface area contributed by atoms with E-state index in [1.165, 1.54) is 122 Å². The quantitative estimate of drug-likeness (QED) is 0.0261. The number of carbonyl (C=O) groups is 3. The summed E-state index contributed by atoms with van der Waals surface area (Å²) in [6.07, 6.45) is 93.7. The van der Waals surface area contributed by atoms with Crippen molar-refractivity contribution in [1.82, 2.24) is 0 Å². The Kier molecular flexibility index (Phi) is 63.8. The van der Waals surface area contributed by atoms with Crippen LogP contribution in [0.1, 0.15) is 310 Å². The summed E-state index contributed by atoms with van der Waals surface area (Å²) in [5.41, 5.74) is 0. The van der Waals surface area contributed by atoms with E-state index in [9.17, 15) is 14.4 Å². The molecule has 456 valence electrons. The van der Waals surface area contributed by atoms with Crippen molar-refractivity contribution >= 4 is 17.9 Å². The number of esters is 3. The molecule has 80 heavy (non-hydrogen) atoms. The fraction of sp³-hybridized carbons (Fsp3) is 0.689. The lowest BCUT2D eigenvalue weighted by Gasteiger charge is -2.18. The van der Waals surface area contributed by atoms with Crippen LogP contribution in [0, 0.1) is 0 Å². The third kappa shape index (κ3) is 64.6. The minimum absolute atomic E-state index is 0.0923. The maximum absolute atomic E-state index is 12.9. The molecule has 0 aliphatic rings. The van der Waals surface area contributed by atoms with Crippen LogP contribution in [0.4, 0.5) is 0 Å². The molecule has 0 saturated carbocycles. The summed E-state index contributed by atoms with van der Waals surface area (Å²) in [5, 5.41) is 0. The lowest BCUT2D eigenvalue weighted by atomic mass is 10.0. The van der Waals surface area contributed by atoms with Crippen molar-refractivity contribution in [2.24, 2.45) is 0 Å². The highest BCUT2D eigenvalue weighted by Crippen LogP contribution is 2.17. The van der Waals surface area contributed by atoms with Gasteiger partial charge in [0.25, 0.3) is 0 Å². The first-order valence-corrected chi connectivity index (χ1v) is 33.5. The second-order valence-corrected chi connectivity index (χ2v) is 22.0. The second kappa shape index (κ2) is 67.3. The van der Waals surface area contributed by atoms with E-state index in [1.807, 2.05) is 0 Å². The highest BCUT2D eigenvalue weighted by Gasteiger charge is 2.19. The van der Waals surface area contributed by atoms with Crippen molar-refractivity contribution in [3.05, 3.63) is 122 Å². The van der Waals surface area contributed by atoms with E-state index in [2.05, 4.69) is 142 Å². The lowest BCUT2D eigenvalue weighted by molar-refractivity contribution is -0.167. The third-order valence-corrected chi connectivity index (χ3v) is 14.2. The molecule has 0 saturated heterocycles. The van der Waals surface area contributed by atoms with Crippen LogP contribution >= 0.6 is 0 Å². The molecule has 0 fully saturated rings. The molecule has 0 heterocycles. The van der Waals surface area contributed by atoms with Crippen LogP contribution in [0.5, 0.6) is 0 Å². The zero-order chi connectivity index (χ0) is 57.8. The van der Waals surface area contributed by atoms with Crippen molar-refractivity contribution < 1.29 is 28.6 Å². The third-order valence-electron chi connectivity index (χ3n) is 14.2. The van der Waals surface area contributed by atoms with Crippen LogP contribution in [-0.4, -0.2) is 37.2 Å². The summed E-state index contributed by atoms with van der Waals surface area (Å²) in [6, 6.07) is 0. The van der Waals surface area contributed by atoms with Crippen molar-refractivity contribution in [2.45, 2.75) is 316 Å². The molecule has 1 atom stereocenters. The van der Waals surface area contributed by atoms with E-state index in [0.717, 1.165) is 148 Å². The maximum Gasteiger partial charge on any atom is 0.306 e. The Morgan fingerprint density at radius 3 is 0.762 bits per heavy atom. The molecule has 0 N–H and O–H groups in total. The number of allylic oxidation sites excluding steroid dienone is 20. The summed E-state index contributed by atoms with van der Waals surface area (Å²) in [4.78, 5) is 38.3. The summed E-state index contributed by atoms with van der Waals surface area (Å²) in [5.74, 6) is -0.923. The van der Waals surface area contributed by atoms with Gasteiger partial charge in [-0.15, -0.1) is 0 Å². The van der Waals surface area contributed by atoms with Gasteiger partial charge in [0.1, 0.15) is 13.2 Å². The molecule has 0 bridgehead atoms. The van der Waals surface area contributed by atoms with Gasteiger partial charge in [-0.2, -0.15) is 0 Å². The SMILES string of the molecule is CC/C=C\C/C=C\C/C=C\C/C=C\CCCCCCCCCCCCCCCCCCCCC(=O)OCC(COC(=O)CCCCCCC/C=C\C/C=C\CCCC)OC(=O)CCCCCC/C=C\C/C=C\C/C=C\C/C=C\CC. The van der Waals surface area contributed by atoms with Crippen LogP contribution in [0.25, 0.3) is 0 Å². The van der Waals surface area contributed by atoms with Gasteiger partial charge in [-0.05, 0) is 122 Å². The zero-order valence-corrected chi connectivity index (χ0v) is 52.3. The summed E-state index contributed by atoms with van der Waals surface area (Å²) < 4.78 is 16.9. The van der Waals surface area contributed by atoms with Crippen LogP contribution in [0.15, 0.2) is 122 Å². The molecule has 1 unspecified atom stereocenters. The topological polar surface area (TPSA) is 78.9 Å². The summed E-state index contributed by atoms with van der Waals surface area (Å²) in [6.45, 7) is 6.36. The fourth-order valence-corrected chi connectivity index (χ4v) is 9.21. The van der Waals surface area contributed by atoms with Crippen molar-refractivity contribution in [2.75, 3.05) is 13.2 Å². The van der Waals surface area contributed by atoms with Gasteiger partial charge in [0.2, 0.25) is 0 Å². The number of unbranched alkanes of at least 4 members (excludes halogenated alkanes) is 29. The smallest absolute Gasteiger partial charge is 0.306 e. The van der Waals surface area contributed by atoms with E-state index >= 15 is 0 Å². The highest BCUT2D eigenvalue weighted by atomic mass is 16.6. The van der Waals surface area contributed by atoms with E-state index in [0.29, 0.717) is 19.3 Å².